The third-order valence-electron chi connectivity index (χ3n) is 5.22. The minimum absolute atomic E-state index is 0.140. The van der Waals surface area contributed by atoms with Gasteiger partial charge in [0, 0.05) is 12.1 Å². The van der Waals surface area contributed by atoms with E-state index in [0.29, 0.717) is 46.0 Å². The second-order valence-electron chi connectivity index (χ2n) is 6.90. The molecule has 1 aliphatic heterocycles. The van der Waals surface area contributed by atoms with Crippen LogP contribution in [0.5, 0.6) is 23.0 Å². The summed E-state index contributed by atoms with van der Waals surface area (Å²) < 4.78 is 16.7. The number of benzene rings is 2. The molecule has 3 rings (SSSR count). The van der Waals surface area contributed by atoms with Crippen molar-refractivity contribution in [2.75, 3.05) is 27.3 Å². The molecule has 0 atom stereocenters. The van der Waals surface area contributed by atoms with Gasteiger partial charge in [0.25, 0.3) is 0 Å². The lowest BCUT2D eigenvalue weighted by atomic mass is 9.99. The minimum Gasteiger partial charge on any atom is -0.507 e. The first kappa shape index (κ1) is 20.7. The molecule has 0 saturated carbocycles. The monoisotopic (exact) mass is 397 g/mol. The lowest BCUT2D eigenvalue weighted by Gasteiger charge is -2.20. The zero-order valence-electron chi connectivity index (χ0n) is 17.5. The molecule has 2 aromatic rings. The van der Waals surface area contributed by atoms with Gasteiger partial charge >= 0.3 is 0 Å². The van der Waals surface area contributed by atoms with Crippen molar-refractivity contribution in [1.29, 1.82) is 0 Å². The van der Waals surface area contributed by atoms with Gasteiger partial charge in [-0.05, 0) is 55.9 Å². The van der Waals surface area contributed by atoms with Gasteiger partial charge < -0.3 is 19.3 Å². The van der Waals surface area contributed by atoms with Crippen LogP contribution in [-0.4, -0.2) is 43.1 Å². The van der Waals surface area contributed by atoms with E-state index >= 15 is 0 Å². The molecule has 0 spiro atoms. The molecule has 0 unspecified atom stereocenters. The maximum absolute atomic E-state index is 13.1. The van der Waals surface area contributed by atoms with Crippen molar-refractivity contribution in [2.24, 2.45) is 0 Å². The van der Waals surface area contributed by atoms with Gasteiger partial charge in [-0.25, -0.2) is 0 Å². The van der Waals surface area contributed by atoms with Crippen LogP contribution in [0, 0.1) is 6.92 Å². The summed E-state index contributed by atoms with van der Waals surface area (Å²) in [5.74, 6) is 1.82. The zero-order valence-corrected chi connectivity index (χ0v) is 17.5. The standard InChI is InChI=1S/C23H27NO5/c1-6-24(7-2)13-17-18(25)10-14(3)21-22(26)20(29-23(17)21)12-15-11-16(27-4)8-9-19(15)28-5/h8-12,25H,6-7,13H2,1-5H3/b20-12-. The summed E-state index contributed by atoms with van der Waals surface area (Å²) in [7, 11) is 3.15. The van der Waals surface area contributed by atoms with E-state index in [1.807, 2.05) is 0 Å². The average molecular weight is 397 g/mol. The van der Waals surface area contributed by atoms with Crippen LogP contribution in [0.3, 0.4) is 0 Å². The smallest absolute Gasteiger partial charge is 0.232 e. The lowest BCUT2D eigenvalue weighted by Crippen LogP contribution is -2.22. The number of methoxy groups -OCH3 is 2. The van der Waals surface area contributed by atoms with Crippen molar-refractivity contribution in [3.8, 4) is 23.0 Å². The maximum atomic E-state index is 13.1. The molecule has 2 aromatic carbocycles. The Morgan fingerprint density at radius 3 is 2.48 bits per heavy atom. The van der Waals surface area contributed by atoms with Crippen LogP contribution in [0.1, 0.15) is 40.9 Å². The molecule has 0 aromatic heterocycles. The summed E-state index contributed by atoms with van der Waals surface area (Å²) in [5.41, 5.74) is 2.49. The predicted molar refractivity (Wildman–Crippen MR) is 112 cm³/mol. The molecule has 0 amide bonds. The van der Waals surface area contributed by atoms with Gasteiger partial charge in [0.15, 0.2) is 5.76 Å². The molecule has 6 nitrogen and oxygen atoms in total. The van der Waals surface area contributed by atoms with Crippen LogP contribution in [-0.2, 0) is 6.54 Å². The number of Topliss-reactive ketones (excluding diaryl/α,β-unsaturated/α-hetero) is 1. The number of aryl methyl sites for hydroxylation is 1. The highest BCUT2D eigenvalue weighted by Gasteiger charge is 2.33. The van der Waals surface area contributed by atoms with Crippen LogP contribution in [0.4, 0.5) is 0 Å². The summed E-state index contributed by atoms with van der Waals surface area (Å²) in [6.07, 6.45) is 1.65. The SMILES string of the molecule is CCN(CC)Cc1c(O)cc(C)c2c1O/C(=C\c1cc(OC)ccc1OC)C2=O. The van der Waals surface area contributed by atoms with Crippen LogP contribution in [0.25, 0.3) is 6.08 Å². The molecule has 1 heterocycles. The number of nitrogens with zero attached hydrogens (tertiary/aromatic N) is 1. The van der Waals surface area contributed by atoms with Gasteiger partial charge in [-0.15, -0.1) is 0 Å². The van der Waals surface area contributed by atoms with E-state index < -0.39 is 0 Å². The van der Waals surface area contributed by atoms with E-state index in [1.165, 1.54) is 0 Å². The number of carbonyl (C=O) groups is 1. The highest BCUT2D eigenvalue weighted by atomic mass is 16.5. The minimum atomic E-state index is -0.205. The summed E-state index contributed by atoms with van der Waals surface area (Å²) >= 11 is 0. The molecule has 0 saturated heterocycles. The normalized spacial score (nSPS) is 14.3. The quantitative estimate of drug-likeness (QED) is 0.707. The van der Waals surface area contributed by atoms with Gasteiger partial charge in [-0.2, -0.15) is 0 Å². The molecule has 29 heavy (non-hydrogen) atoms. The van der Waals surface area contributed by atoms with Crippen molar-refractivity contribution < 1.29 is 24.1 Å². The van der Waals surface area contributed by atoms with Crippen LogP contribution in [0.15, 0.2) is 30.0 Å². The van der Waals surface area contributed by atoms with Crippen molar-refractivity contribution >= 4 is 11.9 Å². The topological polar surface area (TPSA) is 68.2 Å². The molecule has 0 bridgehead atoms. The van der Waals surface area contributed by atoms with Crippen molar-refractivity contribution in [3.63, 3.8) is 0 Å². The maximum Gasteiger partial charge on any atom is 0.232 e. The van der Waals surface area contributed by atoms with Gasteiger partial charge in [0.1, 0.15) is 23.0 Å². The van der Waals surface area contributed by atoms with Crippen molar-refractivity contribution in [3.05, 3.63) is 52.3 Å². The fraction of sp³-hybridized carbons (Fsp3) is 0.348. The van der Waals surface area contributed by atoms with Crippen LogP contribution < -0.4 is 14.2 Å². The number of hydrogen-bond acceptors (Lipinski definition) is 6. The number of hydrogen-bond donors (Lipinski definition) is 1. The molecule has 1 N–H and O–H groups in total. The highest BCUT2D eigenvalue weighted by Crippen LogP contribution is 2.42. The van der Waals surface area contributed by atoms with Gasteiger partial charge in [0.2, 0.25) is 5.78 Å². The number of rotatable bonds is 7. The first-order chi connectivity index (χ1) is 13.9. The molecular formula is C23H27NO5. The Morgan fingerprint density at radius 1 is 1.14 bits per heavy atom. The first-order valence-corrected chi connectivity index (χ1v) is 9.67. The summed E-state index contributed by atoms with van der Waals surface area (Å²) in [5, 5.41) is 10.5. The van der Waals surface area contributed by atoms with Crippen molar-refractivity contribution in [2.45, 2.75) is 27.3 Å². The summed E-state index contributed by atoms with van der Waals surface area (Å²) in [6, 6.07) is 6.98. The number of ether oxygens (including phenoxy) is 3. The number of aromatic hydroxyl groups is 1. The molecule has 0 fully saturated rings. The Hall–Kier alpha value is -2.99. The van der Waals surface area contributed by atoms with E-state index in [0.717, 1.165) is 13.1 Å². The highest BCUT2D eigenvalue weighted by molar-refractivity contribution is 6.16. The molecule has 0 radical (unpaired) electrons. The van der Waals surface area contributed by atoms with E-state index in [1.54, 1.807) is 51.5 Å². The number of carbonyl (C=O) groups excluding carboxylic acids is 1. The van der Waals surface area contributed by atoms with Crippen LogP contribution in [0.2, 0.25) is 0 Å². The number of ketones is 1. The summed E-state index contributed by atoms with van der Waals surface area (Å²) in [4.78, 5) is 15.3. The van der Waals surface area contributed by atoms with Crippen molar-refractivity contribution in [1.82, 2.24) is 4.90 Å². The Bertz CT molecular complexity index is 960. The molecular weight excluding hydrogens is 370 g/mol. The van der Waals surface area contributed by atoms with Gasteiger partial charge in [0.05, 0.1) is 25.3 Å². The Balaban J connectivity index is 2.07. The number of fused-ring (bicyclic) bond motifs is 1. The Labute approximate surface area is 171 Å². The number of allylic oxidation sites excluding steroid dienone is 1. The largest absolute Gasteiger partial charge is 0.507 e. The fourth-order valence-electron chi connectivity index (χ4n) is 3.50. The molecule has 0 aliphatic carbocycles. The lowest BCUT2D eigenvalue weighted by molar-refractivity contribution is 0.101. The van der Waals surface area contributed by atoms with E-state index in [-0.39, 0.29) is 17.3 Å². The Kier molecular flexibility index (Phi) is 6.13. The van der Waals surface area contributed by atoms with E-state index in [2.05, 4.69) is 18.7 Å². The van der Waals surface area contributed by atoms with Gasteiger partial charge in [-0.3, -0.25) is 9.69 Å². The van der Waals surface area contributed by atoms with Crippen LogP contribution >= 0.6 is 0 Å². The summed E-state index contributed by atoms with van der Waals surface area (Å²) in [6.45, 7) is 8.08. The van der Waals surface area contributed by atoms with E-state index in [9.17, 15) is 9.90 Å². The first-order valence-electron chi connectivity index (χ1n) is 9.67. The number of phenols is 1. The second kappa shape index (κ2) is 8.57. The number of phenolic OH excluding ortho intramolecular Hbond substituents is 1. The fourth-order valence-corrected chi connectivity index (χ4v) is 3.50. The Morgan fingerprint density at radius 2 is 1.86 bits per heavy atom. The molecule has 6 heteroatoms. The molecule has 154 valence electrons. The van der Waals surface area contributed by atoms with E-state index in [4.69, 9.17) is 14.2 Å². The average Bonchev–Trinajstić information content (AvgIpc) is 3.04. The predicted octanol–water partition coefficient (Wildman–Crippen LogP) is 4.18. The molecule has 1 aliphatic rings. The van der Waals surface area contributed by atoms with Gasteiger partial charge in [-0.1, -0.05) is 13.8 Å². The third kappa shape index (κ3) is 3.93. The zero-order chi connectivity index (χ0) is 21.1. The third-order valence-corrected chi connectivity index (χ3v) is 5.22. The second-order valence-corrected chi connectivity index (χ2v) is 6.90.